The lowest BCUT2D eigenvalue weighted by molar-refractivity contribution is 0.281. The number of ether oxygens (including phenoxy) is 1. The Hall–Kier alpha value is -3.11. The van der Waals surface area contributed by atoms with Crippen LogP contribution in [0.3, 0.4) is 0 Å². The molecule has 0 amide bonds. The van der Waals surface area contributed by atoms with Crippen molar-refractivity contribution in [2.24, 2.45) is 5.73 Å². The summed E-state index contributed by atoms with van der Waals surface area (Å²) in [5.74, 6) is 0.624. The van der Waals surface area contributed by atoms with Gasteiger partial charge in [0.25, 0.3) is 5.56 Å². The van der Waals surface area contributed by atoms with Gasteiger partial charge in [-0.05, 0) is 31.4 Å². The maximum atomic E-state index is 13.6. The first-order chi connectivity index (χ1) is 14.1. The summed E-state index contributed by atoms with van der Waals surface area (Å²) < 4.78 is 7.06. The molecule has 4 rings (SSSR count). The first-order valence-corrected chi connectivity index (χ1v) is 9.99. The fraction of sp³-hybridized carbons (Fsp3) is 0.409. The molecule has 0 bridgehead atoms. The summed E-state index contributed by atoms with van der Waals surface area (Å²) in [6.07, 6.45) is 4.29. The van der Waals surface area contributed by atoms with Crippen molar-refractivity contribution in [2.75, 3.05) is 24.6 Å². The molecule has 1 fully saturated rings. The predicted octanol–water partition coefficient (Wildman–Crippen LogP) is 2.16. The predicted molar refractivity (Wildman–Crippen MR) is 111 cm³/mol. The van der Waals surface area contributed by atoms with Gasteiger partial charge in [0.05, 0.1) is 42.3 Å². The van der Waals surface area contributed by atoms with Crippen LogP contribution in [0, 0.1) is 18.3 Å². The minimum absolute atomic E-state index is 0.0615. The summed E-state index contributed by atoms with van der Waals surface area (Å²) in [5, 5.41) is 9.48. The minimum Gasteiger partial charge on any atom is -0.501 e. The Labute approximate surface area is 170 Å². The molecule has 7 nitrogen and oxygen atoms in total. The van der Waals surface area contributed by atoms with E-state index in [1.807, 2.05) is 25.1 Å². The average Bonchev–Trinajstić information content (AvgIpc) is 3.24. The molecule has 2 N–H and O–H groups in total. The van der Waals surface area contributed by atoms with Gasteiger partial charge in [-0.2, -0.15) is 5.26 Å². The van der Waals surface area contributed by atoms with E-state index in [1.165, 1.54) is 0 Å². The van der Waals surface area contributed by atoms with Gasteiger partial charge in [-0.25, -0.2) is 4.98 Å². The molecule has 2 aliphatic heterocycles. The number of aryl methyl sites for hydroxylation is 1. The zero-order valence-electron chi connectivity index (χ0n) is 16.6. The molecule has 1 atom stereocenters. The van der Waals surface area contributed by atoms with Crippen molar-refractivity contribution >= 4 is 11.5 Å². The summed E-state index contributed by atoms with van der Waals surface area (Å²) in [4.78, 5) is 20.6. The van der Waals surface area contributed by atoms with Gasteiger partial charge in [0, 0.05) is 31.1 Å². The Morgan fingerprint density at radius 3 is 2.93 bits per heavy atom. The molecule has 0 aliphatic carbocycles. The third kappa shape index (κ3) is 3.76. The number of hydrogen-bond acceptors (Lipinski definition) is 6. The van der Waals surface area contributed by atoms with Crippen LogP contribution in [0.5, 0.6) is 0 Å². The Bertz CT molecular complexity index is 1050. The van der Waals surface area contributed by atoms with Gasteiger partial charge in [-0.1, -0.05) is 18.2 Å². The second-order valence-corrected chi connectivity index (χ2v) is 7.64. The molecule has 2 aromatic rings. The molecule has 29 heavy (non-hydrogen) atoms. The molecule has 0 spiro atoms. The second kappa shape index (κ2) is 8.10. The lowest BCUT2D eigenvalue weighted by Crippen LogP contribution is -2.46. The third-order valence-electron chi connectivity index (χ3n) is 5.57. The van der Waals surface area contributed by atoms with E-state index in [2.05, 4.69) is 11.0 Å². The van der Waals surface area contributed by atoms with E-state index in [0.717, 1.165) is 30.5 Å². The minimum atomic E-state index is -0.101. The molecule has 2 aliphatic rings. The maximum Gasteiger partial charge on any atom is 0.263 e. The molecule has 0 unspecified atom stereocenters. The summed E-state index contributed by atoms with van der Waals surface area (Å²) in [6.45, 7) is 4.21. The van der Waals surface area contributed by atoms with Gasteiger partial charge in [0.15, 0.2) is 0 Å². The molecular weight excluding hydrogens is 366 g/mol. The Morgan fingerprint density at radius 1 is 1.38 bits per heavy atom. The van der Waals surface area contributed by atoms with Gasteiger partial charge in [0.2, 0.25) is 5.95 Å². The normalized spacial score (nSPS) is 18.9. The second-order valence-electron chi connectivity index (χ2n) is 7.64. The fourth-order valence-electron chi connectivity index (χ4n) is 4.10. The first-order valence-electron chi connectivity index (χ1n) is 9.99. The third-order valence-corrected chi connectivity index (χ3v) is 5.57. The lowest BCUT2D eigenvalue weighted by atomic mass is 10.0. The molecular formula is C22H25N5O2. The Balaban J connectivity index is 1.86. The van der Waals surface area contributed by atoms with E-state index in [1.54, 1.807) is 16.9 Å². The van der Waals surface area contributed by atoms with Crippen molar-refractivity contribution in [1.29, 1.82) is 5.26 Å². The molecule has 1 aromatic heterocycles. The van der Waals surface area contributed by atoms with E-state index in [-0.39, 0.29) is 18.1 Å². The Morgan fingerprint density at radius 2 is 2.21 bits per heavy atom. The van der Waals surface area contributed by atoms with Gasteiger partial charge < -0.3 is 15.4 Å². The number of benzene rings is 1. The Kier molecular flexibility index (Phi) is 5.36. The van der Waals surface area contributed by atoms with Crippen LogP contribution < -0.4 is 16.2 Å². The van der Waals surface area contributed by atoms with Crippen LogP contribution in [0.2, 0.25) is 0 Å². The van der Waals surface area contributed by atoms with Crippen molar-refractivity contribution in [1.82, 2.24) is 9.55 Å². The molecule has 1 aromatic carbocycles. The maximum absolute atomic E-state index is 13.6. The van der Waals surface area contributed by atoms with Gasteiger partial charge in [0.1, 0.15) is 0 Å². The highest BCUT2D eigenvalue weighted by Crippen LogP contribution is 2.26. The summed E-state index contributed by atoms with van der Waals surface area (Å²) in [5.41, 5.74) is 9.63. The number of nitrogens with zero attached hydrogens (tertiary/aromatic N) is 4. The van der Waals surface area contributed by atoms with Crippen molar-refractivity contribution in [3.63, 3.8) is 0 Å². The van der Waals surface area contributed by atoms with E-state index < -0.39 is 0 Å². The van der Waals surface area contributed by atoms with E-state index in [0.29, 0.717) is 42.3 Å². The van der Waals surface area contributed by atoms with Crippen molar-refractivity contribution in [2.45, 2.75) is 38.8 Å². The topological polar surface area (TPSA) is 97.2 Å². The SMILES string of the molecule is Cc1nc(N2CCC[C@@H](N)C2)n(Cc2ccccc2C#N)c(=O)c1C1=COCC1. The van der Waals surface area contributed by atoms with Gasteiger partial charge >= 0.3 is 0 Å². The molecule has 0 radical (unpaired) electrons. The number of nitrogens with two attached hydrogens (primary N) is 1. The average molecular weight is 391 g/mol. The standard InChI is InChI=1S/C22H25N5O2/c1-15-20(18-8-10-29-14-18)21(28)27(12-17-6-3-2-5-16(17)11-23)22(25-15)26-9-4-7-19(24)13-26/h2-3,5-6,14,19H,4,7-10,12-13,24H2,1H3/t19-/m1/s1. The van der Waals surface area contributed by atoms with Crippen molar-refractivity contribution in [3.05, 3.63) is 63.3 Å². The number of aromatic nitrogens is 2. The number of hydrogen-bond donors (Lipinski definition) is 1. The molecule has 0 saturated carbocycles. The molecule has 1 saturated heterocycles. The van der Waals surface area contributed by atoms with E-state index in [4.69, 9.17) is 15.5 Å². The summed E-state index contributed by atoms with van der Waals surface area (Å²) in [7, 11) is 0. The highest BCUT2D eigenvalue weighted by molar-refractivity contribution is 5.67. The van der Waals surface area contributed by atoms with Crippen LogP contribution in [0.1, 0.15) is 41.6 Å². The van der Waals surface area contributed by atoms with Gasteiger partial charge in [-0.3, -0.25) is 9.36 Å². The smallest absolute Gasteiger partial charge is 0.263 e. The monoisotopic (exact) mass is 391 g/mol. The quantitative estimate of drug-likeness (QED) is 0.858. The summed E-state index contributed by atoms with van der Waals surface area (Å²) in [6, 6.07) is 9.65. The van der Waals surface area contributed by atoms with Crippen LogP contribution in [0.15, 0.2) is 35.3 Å². The largest absolute Gasteiger partial charge is 0.501 e. The van der Waals surface area contributed by atoms with Crippen LogP contribution in [0.4, 0.5) is 5.95 Å². The lowest BCUT2D eigenvalue weighted by Gasteiger charge is -2.33. The van der Waals surface area contributed by atoms with Gasteiger partial charge in [-0.15, -0.1) is 0 Å². The highest BCUT2D eigenvalue weighted by Gasteiger charge is 2.25. The fourth-order valence-corrected chi connectivity index (χ4v) is 4.10. The number of piperidine rings is 1. The van der Waals surface area contributed by atoms with Crippen molar-refractivity contribution in [3.8, 4) is 6.07 Å². The van der Waals surface area contributed by atoms with E-state index in [9.17, 15) is 10.1 Å². The molecule has 7 heteroatoms. The number of anilines is 1. The number of nitriles is 1. The van der Waals surface area contributed by atoms with E-state index >= 15 is 0 Å². The first kappa shape index (κ1) is 19.2. The molecule has 150 valence electrons. The zero-order chi connectivity index (χ0) is 20.4. The van der Waals surface area contributed by atoms with Crippen LogP contribution in [0.25, 0.3) is 5.57 Å². The molecule has 3 heterocycles. The number of rotatable bonds is 4. The highest BCUT2D eigenvalue weighted by atomic mass is 16.5. The van der Waals surface area contributed by atoms with Crippen LogP contribution >= 0.6 is 0 Å². The van der Waals surface area contributed by atoms with Crippen LogP contribution in [-0.2, 0) is 11.3 Å². The summed E-state index contributed by atoms with van der Waals surface area (Å²) >= 11 is 0. The van der Waals surface area contributed by atoms with Crippen LogP contribution in [-0.4, -0.2) is 35.3 Å². The van der Waals surface area contributed by atoms with Crippen molar-refractivity contribution < 1.29 is 4.74 Å². The zero-order valence-corrected chi connectivity index (χ0v) is 16.6.